The summed E-state index contributed by atoms with van der Waals surface area (Å²) in [7, 11) is 0. The van der Waals surface area contributed by atoms with Crippen LogP contribution in [0.15, 0.2) is 18.2 Å². The number of anilines is 2. The van der Waals surface area contributed by atoms with Gasteiger partial charge in [-0.25, -0.2) is 0 Å². The van der Waals surface area contributed by atoms with E-state index in [-0.39, 0.29) is 11.4 Å². The molecule has 0 atom stereocenters. The number of thioether (sulfide) groups is 1. The van der Waals surface area contributed by atoms with Crippen LogP contribution in [0.4, 0.5) is 17.1 Å². The summed E-state index contributed by atoms with van der Waals surface area (Å²) in [5.74, 6) is 2.01. The second kappa shape index (κ2) is 4.61. The zero-order valence-electron chi connectivity index (χ0n) is 8.76. The van der Waals surface area contributed by atoms with Gasteiger partial charge in [0.2, 0.25) is 0 Å². The van der Waals surface area contributed by atoms with Crippen LogP contribution in [-0.2, 0) is 0 Å². The number of hydrogen-bond donors (Lipinski definition) is 1. The van der Waals surface area contributed by atoms with Gasteiger partial charge in [-0.3, -0.25) is 10.1 Å². The third-order valence-electron chi connectivity index (χ3n) is 2.58. The lowest BCUT2D eigenvalue weighted by Crippen LogP contribution is -2.32. The van der Waals surface area contributed by atoms with Crippen molar-refractivity contribution in [1.29, 1.82) is 0 Å². The molecule has 1 heterocycles. The monoisotopic (exact) mass is 239 g/mol. The van der Waals surface area contributed by atoms with Crippen LogP contribution in [0.3, 0.4) is 0 Å². The van der Waals surface area contributed by atoms with E-state index in [1.807, 2.05) is 16.7 Å². The van der Waals surface area contributed by atoms with Gasteiger partial charge in [0, 0.05) is 24.6 Å². The van der Waals surface area contributed by atoms with Crippen molar-refractivity contribution in [3.05, 3.63) is 28.3 Å². The van der Waals surface area contributed by atoms with Crippen molar-refractivity contribution in [3.63, 3.8) is 0 Å². The lowest BCUT2D eigenvalue weighted by atomic mass is 10.2. The molecular formula is C10H13N3O2S. The summed E-state index contributed by atoms with van der Waals surface area (Å²) in [4.78, 5) is 12.6. The summed E-state index contributed by atoms with van der Waals surface area (Å²) in [6, 6.07) is 5.10. The number of para-hydroxylation sites is 1. The first kappa shape index (κ1) is 11.1. The number of hydrogen-bond acceptors (Lipinski definition) is 5. The van der Waals surface area contributed by atoms with E-state index in [0.717, 1.165) is 24.6 Å². The minimum absolute atomic E-state index is 0.0365. The molecule has 86 valence electrons. The normalized spacial score (nSPS) is 16.1. The molecule has 0 bridgehead atoms. The standard InChI is InChI=1S/C10H13N3O2S/c11-8-2-1-3-9(10(8)13(14)15)12-4-6-16-7-5-12/h1-3H,4-7,11H2. The Bertz CT molecular complexity index is 405. The first-order chi connectivity index (χ1) is 7.70. The summed E-state index contributed by atoms with van der Waals surface area (Å²) < 4.78 is 0. The van der Waals surface area contributed by atoms with Crippen molar-refractivity contribution >= 4 is 28.8 Å². The third-order valence-corrected chi connectivity index (χ3v) is 3.52. The SMILES string of the molecule is Nc1cccc(N2CCSCC2)c1[N+](=O)[O-]. The second-order valence-electron chi connectivity index (χ2n) is 3.57. The van der Waals surface area contributed by atoms with E-state index in [2.05, 4.69) is 0 Å². The Balaban J connectivity index is 2.38. The minimum Gasteiger partial charge on any atom is -0.393 e. The quantitative estimate of drug-likeness (QED) is 0.483. The van der Waals surface area contributed by atoms with Crippen molar-refractivity contribution in [3.8, 4) is 0 Å². The van der Waals surface area contributed by atoms with Crippen molar-refractivity contribution < 1.29 is 4.92 Å². The van der Waals surface area contributed by atoms with Crippen LogP contribution in [-0.4, -0.2) is 29.5 Å². The van der Waals surface area contributed by atoms with Gasteiger partial charge < -0.3 is 10.6 Å². The van der Waals surface area contributed by atoms with Crippen LogP contribution in [0.25, 0.3) is 0 Å². The van der Waals surface area contributed by atoms with E-state index >= 15 is 0 Å². The Morgan fingerprint density at radius 1 is 1.38 bits per heavy atom. The van der Waals surface area contributed by atoms with Crippen LogP contribution in [0, 0.1) is 10.1 Å². The first-order valence-corrected chi connectivity index (χ1v) is 6.21. The van der Waals surface area contributed by atoms with Crippen molar-refractivity contribution in [2.75, 3.05) is 35.2 Å². The lowest BCUT2D eigenvalue weighted by Gasteiger charge is -2.28. The predicted molar refractivity (Wildman–Crippen MR) is 67.0 cm³/mol. The van der Waals surface area contributed by atoms with Gasteiger partial charge >= 0.3 is 5.69 Å². The van der Waals surface area contributed by atoms with E-state index in [0.29, 0.717) is 5.69 Å². The van der Waals surface area contributed by atoms with Crippen molar-refractivity contribution in [2.24, 2.45) is 0 Å². The van der Waals surface area contributed by atoms with Gasteiger partial charge in [-0.1, -0.05) is 6.07 Å². The summed E-state index contributed by atoms with van der Waals surface area (Å²) >= 11 is 1.87. The van der Waals surface area contributed by atoms with Crippen molar-refractivity contribution in [1.82, 2.24) is 0 Å². The predicted octanol–water partition coefficient (Wildman–Crippen LogP) is 1.73. The lowest BCUT2D eigenvalue weighted by molar-refractivity contribution is -0.383. The molecule has 1 aromatic carbocycles. The summed E-state index contributed by atoms with van der Waals surface area (Å²) in [6.07, 6.45) is 0. The number of nitro benzene ring substituents is 1. The molecule has 5 nitrogen and oxygen atoms in total. The van der Waals surface area contributed by atoms with Gasteiger partial charge in [0.15, 0.2) is 0 Å². The fraction of sp³-hybridized carbons (Fsp3) is 0.400. The molecule has 6 heteroatoms. The zero-order chi connectivity index (χ0) is 11.5. The number of nitrogen functional groups attached to an aromatic ring is 1. The number of nitro groups is 1. The highest BCUT2D eigenvalue weighted by Gasteiger charge is 2.23. The zero-order valence-corrected chi connectivity index (χ0v) is 9.57. The van der Waals surface area contributed by atoms with E-state index in [9.17, 15) is 10.1 Å². The topological polar surface area (TPSA) is 72.4 Å². The summed E-state index contributed by atoms with van der Waals surface area (Å²) in [6.45, 7) is 1.68. The fourth-order valence-electron chi connectivity index (χ4n) is 1.81. The summed E-state index contributed by atoms with van der Waals surface area (Å²) in [5.41, 5.74) is 6.57. The van der Waals surface area contributed by atoms with Crippen LogP contribution in [0.1, 0.15) is 0 Å². The van der Waals surface area contributed by atoms with E-state index < -0.39 is 4.92 Å². The first-order valence-electron chi connectivity index (χ1n) is 5.05. The number of benzene rings is 1. The average Bonchev–Trinajstić information content (AvgIpc) is 2.29. The highest BCUT2D eigenvalue weighted by atomic mass is 32.2. The molecule has 2 rings (SSSR count). The molecule has 0 radical (unpaired) electrons. The third kappa shape index (κ3) is 2.06. The second-order valence-corrected chi connectivity index (χ2v) is 4.80. The van der Waals surface area contributed by atoms with Crippen molar-refractivity contribution in [2.45, 2.75) is 0 Å². The fourth-order valence-corrected chi connectivity index (χ4v) is 2.71. The average molecular weight is 239 g/mol. The molecule has 0 spiro atoms. The highest BCUT2D eigenvalue weighted by molar-refractivity contribution is 7.99. The molecule has 0 aliphatic carbocycles. The maximum atomic E-state index is 11.0. The Labute approximate surface area is 97.8 Å². The molecule has 1 aromatic rings. The molecule has 0 unspecified atom stereocenters. The van der Waals surface area contributed by atoms with Gasteiger partial charge in [0.1, 0.15) is 11.4 Å². The maximum absolute atomic E-state index is 11.0. The summed E-state index contributed by atoms with van der Waals surface area (Å²) in [5, 5.41) is 11.0. The van der Waals surface area contributed by atoms with Gasteiger partial charge in [-0.2, -0.15) is 11.8 Å². The van der Waals surface area contributed by atoms with E-state index in [1.165, 1.54) is 0 Å². The van der Waals surface area contributed by atoms with Gasteiger partial charge in [0.25, 0.3) is 0 Å². The van der Waals surface area contributed by atoms with Crippen LogP contribution >= 0.6 is 11.8 Å². The molecule has 0 aromatic heterocycles. The van der Waals surface area contributed by atoms with Gasteiger partial charge in [0.05, 0.1) is 4.92 Å². The minimum atomic E-state index is -0.396. The highest BCUT2D eigenvalue weighted by Crippen LogP contribution is 2.34. The smallest absolute Gasteiger partial charge is 0.315 e. The molecule has 2 N–H and O–H groups in total. The molecule has 1 aliphatic heterocycles. The molecule has 16 heavy (non-hydrogen) atoms. The largest absolute Gasteiger partial charge is 0.393 e. The number of nitrogens with zero attached hydrogens (tertiary/aromatic N) is 2. The Morgan fingerprint density at radius 3 is 2.69 bits per heavy atom. The number of nitrogens with two attached hydrogens (primary N) is 1. The van der Waals surface area contributed by atoms with Crippen LogP contribution in [0.2, 0.25) is 0 Å². The van der Waals surface area contributed by atoms with E-state index in [1.54, 1.807) is 18.2 Å². The molecule has 0 amide bonds. The Morgan fingerprint density at radius 2 is 2.06 bits per heavy atom. The maximum Gasteiger partial charge on any atom is 0.315 e. The Kier molecular flexibility index (Phi) is 3.19. The van der Waals surface area contributed by atoms with E-state index in [4.69, 9.17) is 5.73 Å². The molecular weight excluding hydrogens is 226 g/mol. The number of rotatable bonds is 2. The molecule has 1 saturated heterocycles. The van der Waals surface area contributed by atoms with Crippen LogP contribution in [0.5, 0.6) is 0 Å². The van der Waals surface area contributed by atoms with Crippen LogP contribution < -0.4 is 10.6 Å². The van der Waals surface area contributed by atoms with Gasteiger partial charge in [-0.15, -0.1) is 0 Å². The molecule has 1 aliphatic rings. The molecule has 0 saturated carbocycles. The van der Waals surface area contributed by atoms with Gasteiger partial charge in [-0.05, 0) is 12.1 Å². The Hall–Kier alpha value is -1.43. The molecule has 1 fully saturated rings.